The van der Waals surface area contributed by atoms with Gasteiger partial charge in [-0.2, -0.15) is 0 Å². The van der Waals surface area contributed by atoms with E-state index in [2.05, 4.69) is 42.7 Å². The highest BCUT2D eigenvalue weighted by Crippen LogP contribution is 2.29. The van der Waals surface area contributed by atoms with Gasteiger partial charge in [-0.15, -0.1) is 12.4 Å². The molecule has 23 heavy (non-hydrogen) atoms. The van der Waals surface area contributed by atoms with Gasteiger partial charge in [0, 0.05) is 18.6 Å². The molecule has 1 aromatic carbocycles. The summed E-state index contributed by atoms with van der Waals surface area (Å²) in [7, 11) is 0. The molecule has 0 radical (unpaired) electrons. The zero-order valence-electron chi connectivity index (χ0n) is 14.4. The predicted molar refractivity (Wildman–Crippen MR) is 98.6 cm³/mol. The van der Waals surface area contributed by atoms with Crippen molar-refractivity contribution in [2.45, 2.75) is 51.6 Å². The summed E-state index contributed by atoms with van der Waals surface area (Å²) in [4.78, 5) is 0. The second-order valence-electron chi connectivity index (χ2n) is 7.04. The molecular weight excluding hydrogens is 308 g/mol. The molecule has 1 heterocycles. The number of halogens is 1. The van der Waals surface area contributed by atoms with E-state index in [0.29, 0.717) is 12.1 Å². The Labute approximate surface area is 147 Å². The number of aryl methyl sites for hydroxylation is 2. The summed E-state index contributed by atoms with van der Waals surface area (Å²) in [5.41, 5.74) is 4.20. The van der Waals surface area contributed by atoms with E-state index in [1.54, 1.807) is 0 Å². The van der Waals surface area contributed by atoms with Crippen LogP contribution in [-0.4, -0.2) is 38.4 Å². The Kier molecular flexibility index (Phi) is 7.35. The molecule has 0 spiro atoms. The average Bonchev–Trinajstić information content (AvgIpc) is 2.96. The molecule has 1 aliphatic heterocycles. The SMILES string of the molecule is Cc1cc(C)cc(CCNC2CCCC2C2COCCN2)c1.Cl. The molecule has 3 rings (SSSR count). The molecule has 4 heteroatoms. The first-order valence-corrected chi connectivity index (χ1v) is 8.84. The van der Waals surface area contributed by atoms with E-state index in [9.17, 15) is 0 Å². The highest BCUT2D eigenvalue weighted by Gasteiger charge is 2.34. The Morgan fingerprint density at radius 1 is 1.17 bits per heavy atom. The van der Waals surface area contributed by atoms with E-state index in [-0.39, 0.29) is 12.4 Å². The molecule has 0 amide bonds. The summed E-state index contributed by atoms with van der Waals surface area (Å²) in [6.07, 6.45) is 5.13. The molecule has 3 unspecified atom stereocenters. The lowest BCUT2D eigenvalue weighted by Crippen LogP contribution is -2.51. The minimum Gasteiger partial charge on any atom is -0.379 e. The van der Waals surface area contributed by atoms with Crippen molar-refractivity contribution in [2.24, 2.45) is 5.92 Å². The van der Waals surface area contributed by atoms with Gasteiger partial charge in [0.05, 0.1) is 13.2 Å². The van der Waals surface area contributed by atoms with Crippen molar-refractivity contribution in [3.05, 3.63) is 34.9 Å². The van der Waals surface area contributed by atoms with Crippen LogP contribution in [0, 0.1) is 19.8 Å². The van der Waals surface area contributed by atoms with Crippen LogP contribution in [0.15, 0.2) is 18.2 Å². The van der Waals surface area contributed by atoms with Crippen molar-refractivity contribution in [3.63, 3.8) is 0 Å². The van der Waals surface area contributed by atoms with Gasteiger partial charge in [-0.3, -0.25) is 0 Å². The number of rotatable bonds is 5. The third-order valence-corrected chi connectivity index (χ3v) is 5.14. The molecule has 1 aromatic rings. The van der Waals surface area contributed by atoms with Crippen molar-refractivity contribution < 1.29 is 4.74 Å². The van der Waals surface area contributed by atoms with E-state index in [0.717, 1.165) is 38.6 Å². The lowest BCUT2D eigenvalue weighted by Gasteiger charge is -2.33. The Balaban J connectivity index is 0.00000192. The molecule has 0 bridgehead atoms. The van der Waals surface area contributed by atoms with Crippen LogP contribution in [-0.2, 0) is 11.2 Å². The Hall–Kier alpha value is -0.610. The van der Waals surface area contributed by atoms with Crippen LogP contribution >= 0.6 is 12.4 Å². The van der Waals surface area contributed by atoms with Gasteiger partial charge in [0.15, 0.2) is 0 Å². The number of benzene rings is 1. The molecule has 130 valence electrons. The van der Waals surface area contributed by atoms with E-state index in [1.165, 1.54) is 36.0 Å². The minimum atomic E-state index is 0. The van der Waals surface area contributed by atoms with Gasteiger partial charge in [0.2, 0.25) is 0 Å². The van der Waals surface area contributed by atoms with Gasteiger partial charge in [-0.25, -0.2) is 0 Å². The first-order valence-electron chi connectivity index (χ1n) is 8.84. The summed E-state index contributed by atoms with van der Waals surface area (Å²) < 4.78 is 5.65. The van der Waals surface area contributed by atoms with Crippen molar-refractivity contribution in [3.8, 4) is 0 Å². The third-order valence-electron chi connectivity index (χ3n) is 5.14. The van der Waals surface area contributed by atoms with Crippen LogP contribution < -0.4 is 10.6 Å². The smallest absolute Gasteiger partial charge is 0.0623 e. The van der Waals surface area contributed by atoms with E-state index >= 15 is 0 Å². The van der Waals surface area contributed by atoms with Gasteiger partial charge in [0.1, 0.15) is 0 Å². The fourth-order valence-corrected chi connectivity index (χ4v) is 4.20. The first-order chi connectivity index (χ1) is 10.7. The van der Waals surface area contributed by atoms with Crippen LogP contribution in [0.4, 0.5) is 0 Å². The van der Waals surface area contributed by atoms with Crippen LogP contribution in [0.25, 0.3) is 0 Å². The second-order valence-corrected chi connectivity index (χ2v) is 7.04. The number of hydrogen-bond donors (Lipinski definition) is 2. The van der Waals surface area contributed by atoms with E-state index < -0.39 is 0 Å². The zero-order chi connectivity index (χ0) is 15.4. The van der Waals surface area contributed by atoms with Crippen molar-refractivity contribution in [2.75, 3.05) is 26.3 Å². The largest absolute Gasteiger partial charge is 0.379 e. The lowest BCUT2D eigenvalue weighted by molar-refractivity contribution is 0.0526. The van der Waals surface area contributed by atoms with Crippen molar-refractivity contribution in [1.29, 1.82) is 0 Å². The quantitative estimate of drug-likeness (QED) is 0.865. The molecular formula is C19H31ClN2O. The van der Waals surface area contributed by atoms with Crippen LogP contribution in [0.3, 0.4) is 0 Å². The molecule has 2 aliphatic rings. The molecule has 2 N–H and O–H groups in total. The number of nitrogens with one attached hydrogen (secondary N) is 2. The van der Waals surface area contributed by atoms with Gasteiger partial charge < -0.3 is 15.4 Å². The fourth-order valence-electron chi connectivity index (χ4n) is 4.20. The van der Waals surface area contributed by atoms with E-state index in [1.807, 2.05) is 0 Å². The summed E-state index contributed by atoms with van der Waals surface area (Å²) in [6, 6.07) is 8.09. The maximum atomic E-state index is 5.65. The van der Waals surface area contributed by atoms with Gasteiger partial charge in [-0.05, 0) is 51.1 Å². The number of ether oxygens (including phenoxy) is 1. The summed E-state index contributed by atoms with van der Waals surface area (Å²) in [5, 5.41) is 7.47. The Morgan fingerprint density at radius 2 is 1.96 bits per heavy atom. The topological polar surface area (TPSA) is 33.3 Å². The summed E-state index contributed by atoms with van der Waals surface area (Å²) >= 11 is 0. The first kappa shape index (κ1) is 18.7. The molecule has 3 nitrogen and oxygen atoms in total. The molecule has 2 fully saturated rings. The van der Waals surface area contributed by atoms with Gasteiger partial charge in [0.25, 0.3) is 0 Å². The molecule has 3 atom stereocenters. The minimum absolute atomic E-state index is 0. The Bertz CT molecular complexity index is 468. The lowest BCUT2D eigenvalue weighted by atomic mass is 9.94. The Morgan fingerprint density at radius 3 is 2.65 bits per heavy atom. The maximum absolute atomic E-state index is 5.65. The highest BCUT2D eigenvalue weighted by atomic mass is 35.5. The molecule has 0 aromatic heterocycles. The van der Waals surface area contributed by atoms with Crippen LogP contribution in [0.5, 0.6) is 0 Å². The molecule has 1 saturated heterocycles. The second kappa shape index (κ2) is 9.03. The zero-order valence-corrected chi connectivity index (χ0v) is 15.3. The molecule has 1 aliphatic carbocycles. The normalized spacial score (nSPS) is 27.7. The summed E-state index contributed by atoms with van der Waals surface area (Å²) in [5.74, 6) is 0.736. The third kappa shape index (κ3) is 5.18. The van der Waals surface area contributed by atoms with Crippen molar-refractivity contribution >= 4 is 12.4 Å². The van der Waals surface area contributed by atoms with Gasteiger partial charge in [-0.1, -0.05) is 35.7 Å². The fraction of sp³-hybridized carbons (Fsp3) is 0.684. The van der Waals surface area contributed by atoms with Gasteiger partial charge >= 0.3 is 0 Å². The van der Waals surface area contributed by atoms with Crippen LogP contribution in [0.2, 0.25) is 0 Å². The highest BCUT2D eigenvalue weighted by molar-refractivity contribution is 5.85. The van der Waals surface area contributed by atoms with Crippen LogP contribution in [0.1, 0.15) is 36.0 Å². The average molecular weight is 339 g/mol. The predicted octanol–water partition coefficient (Wildman–Crippen LogP) is 3.01. The maximum Gasteiger partial charge on any atom is 0.0623 e. The summed E-state index contributed by atoms with van der Waals surface area (Å²) in [6.45, 7) is 8.22. The standard InChI is InChI=1S/C19H30N2O.ClH/c1-14-10-15(2)12-16(11-14)6-7-20-18-5-3-4-17(18)19-13-22-9-8-21-19;/h10-12,17-21H,3-9,13H2,1-2H3;1H. The number of morpholine rings is 1. The monoisotopic (exact) mass is 338 g/mol. The number of hydrogen-bond acceptors (Lipinski definition) is 3. The van der Waals surface area contributed by atoms with Crippen molar-refractivity contribution in [1.82, 2.24) is 10.6 Å². The van der Waals surface area contributed by atoms with E-state index in [4.69, 9.17) is 4.74 Å². The molecule has 1 saturated carbocycles.